The van der Waals surface area contributed by atoms with Crippen molar-refractivity contribution in [1.29, 1.82) is 0 Å². The molecular weight excluding hydrogens is 403 g/mol. The van der Waals surface area contributed by atoms with Crippen molar-refractivity contribution in [2.75, 3.05) is 38.2 Å². The predicted octanol–water partition coefficient (Wildman–Crippen LogP) is 2.70. The number of guanidine groups is 1. The quantitative estimate of drug-likeness (QED) is 0.427. The number of nitrogens with two attached hydrogens (primary N) is 1. The van der Waals surface area contributed by atoms with Gasteiger partial charge in [-0.2, -0.15) is 0 Å². The number of rotatable bonds is 5. The van der Waals surface area contributed by atoms with Crippen LogP contribution < -0.4 is 11.1 Å². The molecule has 5 nitrogen and oxygen atoms in total. The van der Waals surface area contributed by atoms with Gasteiger partial charge in [0.25, 0.3) is 0 Å². The average Bonchev–Trinajstić information content (AvgIpc) is 2.54. The van der Waals surface area contributed by atoms with Crippen LogP contribution in [0.2, 0.25) is 0 Å². The van der Waals surface area contributed by atoms with E-state index in [4.69, 9.17) is 10.5 Å². The van der Waals surface area contributed by atoms with Gasteiger partial charge in [0.2, 0.25) is 0 Å². The van der Waals surface area contributed by atoms with Crippen LogP contribution in [0.4, 0.5) is 5.69 Å². The molecule has 1 aliphatic heterocycles. The van der Waals surface area contributed by atoms with Crippen LogP contribution >= 0.6 is 24.0 Å². The molecule has 1 heterocycles. The molecule has 0 spiro atoms. The fourth-order valence-corrected chi connectivity index (χ4v) is 2.60. The van der Waals surface area contributed by atoms with Gasteiger partial charge in [-0.15, -0.1) is 24.0 Å². The normalized spacial score (nSPS) is 16.7. The van der Waals surface area contributed by atoms with E-state index in [9.17, 15) is 0 Å². The van der Waals surface area contributed by atoms with Crippen molar-refractivity contribution in [1.82, 2.24) is 4.90 Å². The first-order valence-electron chi connectivity index (χ1n) is 8.00. The highest BCUT2D eigenvalue weighted by atomic mass is 127. The van der Waals surface area contributed by atoms with Crippen LogP contribution in [0.5, 0.6) is 0 Å². The lowest BCUT2D eigenvalue weighted by Crippen LogP contribution is -2.51. The Hall–Kier alpha value is -0.860. The summed E-state index contributed by atoms with van der Waals surface area (Å²) >= 11 is 0. The van der Waals surface area contributed by atoms with Crippen molar-refractivity contribution >= 4 is 35.6 Å². The van der Waals surface area contributed by atoms with Crippen LogP contribution in [-0.2, 0) is 11.2 Å². The number of ether oxygens (including phenoxy) is 1. The highest BCUT2D eigenvalue weighted by molar-refractivity contribution is 14.0. The molecule has 0 aliphatic carbocycles. The monoisotopic (exact) mass is 432 g/mol. The van der Waals surface area contributed by atoms with Gasteiger partial charge in [-0.05, 0) is 38.0 Å². The third-order valence-corrected chi connectivity index (χ3v) is 4.11. The Balaban J connectivity index is 0.00000264. The van der Waals surface area contributed by atoms with E-state index in [2.05, 4.69) is 48.1 Å². The Morgan fingerprint density at radius 3 is 2.70 bits per heavy atom. The standard InChI is InChI=1S/C17H28N4O.HI/c1-4-14-6-5-7-15(12-14)20-16(18)19-13-17(2,3)21-8-10-22-11-9-21;/h5-7,12H,4,8-11,13H2,1-3H3,(H3,18,19,20);1H. The molecule has 0 bridgehead atoms. The molecule has 1 saturated heterocycles. The minimum absolute atomic E-state index is 0. The van der Waals surface area contributed by atoms with Crippen LogP contribution in [0.25, 0.3) is 0 Å². The van der Waals surface area contributed by atoms with Gasteiger partial charge in [0.05, 0.1) is 19.8 Å². The number of hydrogen-bond donors (Lipinski definition) is 2. The summed E-state index contributed by atoms with van der Waals surface area (Å²) in [4.78, 5) is 6.93. The third kappa shape index (κ3) is 6.27. The number of nitrogens with one attached hydrogen (secondary N) is 1. The number of anilines is 1. The summed E-state index contributed by atoms with van der Waals surface area (Å²) in [6.07, 6.45) is 1.01. The second kappa shape index (κ2) is 9.44. The summed E-state index contributed by atoms with van der Waals surface area (Å²) in [5, 5.41) is 3.18. The van der Waals surface area contributed by atoms with E-state index in [1.807, 2.05) is 12.1 Å². The zero-order valence-corrected chi connectivity index (χ0v) is 16.7. The number of benzene rings is 1. The van der Waals surface area contributed by atoms with E-state index >= 15 is 0 Å². The second-order valence-corrected chi connectivity index (χ2v) is 6.29. The molecule has 0 unspecified atom stereocenters. The summed E-state index contributed by atoms with van der Waals surface area (Å²) in [7, 11) is 0. The largest absolute Gasteiger partial charge is 0.379 e. The number of morpholine rings is 1. The number of hydrogen-bond acceptors (Lipinski definition) is 3. The Bertz CT molecular complexity index is 513. The van der Waals surface area contributed by atoms with Gasteiger partial charge in [0.1, 0.15) is 0 Å². The highest BCUT2D eigenvalue weighted by Gasteiger charge is 2.27. The van der Waals surface area contributed by atoms with Gasteiger partial charge < -0.3 is 15.8 Å². The first-order valence-corrected chi connectivity index (χ1v) is 8.00. The van der Waals surface area contributed by atoms with Crippen LogP contribution in [0.3, 0.4) is 0 Å². The molecule has 0 atom stereocenters. The lowest BCUT2D eigenvalue weighted by Gasteiger charge is -2.39. The maximum absolute atomic E-state index is 6.03. The smallest absolute Gasteiger partial charge is 0.193 e. The Morgan fingerprint density at radius 2 is 2.04 bits per heavy atom. The number of halogens is 1. The molecule has 0 amide bonds. The van der Waals surface area contributed by atoms with Crippen molar-refractivity contribution in [3.05, 3.63) is 29.8 Å². The van der Waals surface area contributed by atoms with Crippen LogP contribution in [0, 0.1) is 0 Å². The summed E-state index contributed by atoms with van der Waals surface area (Å²) in [6, 6.07) is 8.26. The minimum atomic E-state index is -0.0126. The summed E-state index contributed by atoms with van der Waals surface area (Å²) in [5.74, 6) is 0.467. The fraction of sp³-hybridized carbons (Fsp3) is 0.588. The number of aryl methyl sites for hydroxylation is 1. The summed E-state index contributed by atoms with van der Waals surface area (Å²) < 4.78 is 5.41. The van der Waals surface area contributed by atoms with Crippen molar-refractivity contribution < 1.29 is 4.74 Å². The molecule has 1 fully saturated rings. The molecule has 23 heavy (non-hydrogen) atoms. The van der Waals surface area contributed by atoms with E-state index in [0.717, 1.165) is 38.4 Å². The molecule has 6 heteroatoms. The third-order valence-electron chi connectivity index (χ3n) is 4.11. The minimum Gasteiger partial charge on any atom is -0.379 e. The summed E-state index contributed by atoms with van der Waals surface area (Å²) in [6.45, 7) is 10.7. The van der Waals surface area contributed by atoms with Crippen molar-refractivity contribution in [2.24, 2.45) is 10.7 Å². The van der Waals surface area contributed by atoms with Crippen LogP contribution in [0.15, 0.2) is 29.3 Å². The molecule has 1 aromatic carbocycles. The van der Waals surface area contributed by atoms with E-state index in [1.165, 1.54) is 5.56 Å². The Morgan fingerprint density at radius 1 is 1.35 bits per heavy atom. The van der Waals surface area contributed by atoms with Gasteiger partial charge in [0.15, 0.2) is 5.96 Å². The molecule has 0 radical (unpaired) electrons. The molecule has 0 aromatic heterocycles. The SMILES string of the molecule is CCc1cccc(NC(N)=NCC(C)(C)N2CCOCC2)c1.I. The molecule has 1 aliphatic rings. The topological polar surface area (TPSA) is 62.9 Å². The van der Waals surface area contributed by atoms with Gasteiger partial charge in [-0.25, -0.2) is 0 Å². The van der Waals surface area contributed by atoms with Crippen LogP contribution in [-0.4, -0.2) is 49.2 Å². The van der Waals surface area contributed by atoms with E-state index in [1.54, 1.807) is 0 Å². The van der Waals surface area contributed by atoms with E-state index in [-0.39, 0.29) is 29.5 Å². The fourth-order valence-electron chi connectivity index (χ4n) is 2.60. The maximum Gasteiger partial charge on any atom is 0.193 e. The van der Waals surface area contributed by atoms with Crippen molar-refractivity contribution in [2.45, 2.75) is 32.7 Å². The first kappa shape index (κ1) is 20.2. The number of aliphatic imine (C=N–C) groups is 1. The van der Waals surface area contributed by atoms with E-state index < -0.39 is 0 Å². The average molecular weight is 432 g/mol. The van der Waals surface area contributed by atoms with Gasteiger partial charge >= 0.3 is 0 Å². The van der Waals surface area contributed by atoms with Crippen LogP contribution in [0.1, 0.15) is 26.3 Å². The molecule has 1 aromatic rings. The van der Waals surface area contributed by atoms with E-state index in [0.29, 0.717) is 12.5 Å². The Kier molecular flexibility index (Phi) is 8.28. The summed E-state index contributed by atoms with van der Waals surface area (Å²) in [5.41, 5.74) is 8.29. The van der Waals surface area contributed by atoms with Crippen molar-refractivity contribution in [3.63, 3.8) is 0 Å². The second-order valence-electron chi connectivity index (χ2n) is 6.29. The lowest BCUT2D eigenvalue weighted by atomic mass is 10.0. The zero-order valence-electron chi connectivity index (χ0n) is 14.3. The highest BCUT2D eigenvalue weighted by Crippen LogP contribution is 2.17. The molecule has 0 saturated carbocycles. The van der Waals surface area contributed by atoms with Crippen molar-refractivity contribution in [3.8, 4) is 0 Å². The van der Waals surface area contributed by atoms with Gasteiger partial charge in [-0.3, -0.25) is 9.89 Å². The van der Waals surface area contributed by atoms with Gasteiger partial charge in [0, 0.05) is 24.3 Å². The maximum atomic E-state index is 6.03. The molecular formula is C17H29IN4O. The Labute approximate surface area is 156 Å². The molecule has 3 N–H and O–H groups in total. The van der Waals surface area contributed by atoms with Gasteiger partial charge in [-0.1, -0.05) is 19.1 Å². The lowest BCUT2D eigenvalue weighted by molar-refractivity contribution is -0.00680. The molecule has 130 valence electrons. The predicted molar refractivity (Wildman–Crippen MR) is 108 cm³/mol. The molecule has 2 rings (SSSR count). The first-order chi connectivity index (χ1) is 10.5. The zero-order chi connectivity index (χ0) is 16.0. The number of nitrogens with zero attached hydrogens (tertiary/aromatic N) is 2.